The summed E-state index contributed by atoms with van der Waals surface area (Å²) in [6.07, 6.45) is 0. The molecule has 0 saturated carbocycles. The lowest BCUT2D eigenvalue weighted by molar-refractivity contribution is 0.323. The molecular formula is C16H17Cl2NO4S. The summed E-state index contributed by atoms with van der Waals surface area (Å²) in [5.74, 6) is 0.980. The zero-order valence-electron chi connectivity index (χ0n) is 13.2. The summed E-state index contributed by atoms with van der Waals surface area (Å²) in [7, 11) is -2.38. The molecule has 0 spiro atoms. The summed E-state index contributed by atoms with van der Waals surface area (Å²) < 4.78 is 37.5. The van der Waals surface area contributed by atoms with Crippen LogP contribution in [0.2, 0.25) is 10.0 Å². The van der Waals surface area contributed by atoms with Crippen molar-refractivity contribution in [1.29, 1.82) is 0 Å². The fraction of sp³-hybridized carbons (Fsp3) is 0.250. The van der Waals surface area contributed by atoms with Crippen LogP contribution in [-0.2, 0) is 10.0 Å². The molecule has 2 aromatic carbocycles. The lowest BCUT2D eigenvalue weighted by atomic mass is 10.2. The van der Waals surface area contributed by atoms with Crippen molar-refractivity contribution in [3.8, 4) is 11.5 Å². The Balaban J connectivity index is 1.99. The maximum atomic E-state index is 12.3. The van der Waals surface area contributed by atoms with Gasteiger partial charge in [0.2, 0.25) is 10.0 Å². The zero-order valence-corrected chi connectivity index (χ0v) is 15.5. The van der Waals surface area contributed by atoms with Gasteiger partial charge in [0.25, 0.3) is 0 Å². The SMILES string of the molecule is COc1ccc(S(=O)(=O)NCCOc2ccc(C)cc2)c(Cl)c1Cl. The van der Waals surface area contributed by atoms with Gasteiger partial charge in [-0.05, 0) is 31.2 Å². The van der Waals surface area contributed by atoms with E-state index in [0.29, 0.717) is 11.5 Å². The molecule has 0 fully saturated rings. The maximum absolute atomic E-state index is 12.3. The molecule has 0 radical (unpaired) electrons. The molecule has 0 bridgehead atoms. The number of nitrogens with one attached hydrogen (secondary N) is 1. The molecule has 0 aliphatic heterocycles. The van der Waals surface area contributed by atoms with Crippen LogP contribution in [-0.4, -0.2) is 28.7 Å². The van der Waals surface area contributed by atoms with Gasteiger partial charge >= 0.3 is 0 Å². The molecule has 5 nitrogen and oxygen atoms in total. The van der Waals surface area contributed by atoms with Crippen molar-refractivity contribution in [2.45, 2.75) is 11.8 Å². The fourth-order valence-corrected chi connectivity index (χ4v) is 3.79. The molecule has 2 rings (SSSR count). The van der Waals surface area contributed by atoms with E-state index in [1.807, 2.05) is 31.2 Å². The van der Waals surface area contributed by atoms with E-state index in [-0.39, 0.29) is 28.1 Å². The Labute approximate surface area is 151 Å². The number of benzene rings is 2. The summed E-state index contributed by atoms with van der Waals surface area (Å²) >= 11 is 12.0. The summed E-state index contributed by atoms with van der Waals surface area (Å²) in [5.41, 5.74) is 1.12. The second-order valence-corrected chi connectivity index (χ2v) is 7.44. The predicted octanol–water partition coefficient (Wildman–Crippen LogP) is 3.67. The third-order valence-electron chi connectivity index (χ3n) is 3.20. The van der Waals surface area contributed by atoms with Crippen molar-refractivity contribution in [2.24, 2.45) is 0 Å². The van der Waals surface area contributed by atoms with E-state index in [0.717, 1.165) is 5.56 Å². The first-order valence-corrected chi connectivity index (χ1v) is 9.30. The van der Waals surface area contributed by atoms with Crippen LogP contribution in [0.3, 0.4) is 0 Å². The Hall–Kier alpha value is -1.47. The third kappa shape index (κ3) is 4.54. The van der Waals surface area contributed by atoms with E-state index >= 15 is 0 Å². The van der Waals surface area contributed by atoms with Crippen LogP contribution < -0.4 is 14.2 Å². The summed E-state index contributed by atoms with van der Waals surface area (Å²) in [5, 5.41) is -0.0269. The van der Waals surface area contributed by atoms with Crippen molar-refractivity contribution in [3.63, 3.8) is 0 Å². The van der Waals surface area contributed by atoms with Gasteiger partial charge in [0.05, 0.1) is 12.1 Å². The Morgan fingerprint density at radius 3 is 2.33 bits per heavy atom. The van der Waals surface area contributed by atoms with Gasteiger partial charge in [-0.1, -0.05) is 40.9 Å². The first-order valence-electron chi connectivity index (χ1n) is 7.06. The average Bonchev–Trinajstić information content (AvgIpc) is 2.55. The highest BCUT2D eigenvalue weighted by atomic mass is 35.5. The lowest BCUT2D eigenvalue weighted by Gasteiger charge is -2.12. The molecule has 130 valence electrons. The lowest BCUT2D eigenvalue weighted by Crippen LogP contribution is -2.28. The van der Waals surface area contributed by atoms with Gasteiger partial charge in [0, 0.05) is 6.54 Å². The van der Waals surface area contributed by atoms with Gasteiger partial charge in [-0.15, -0.1) is 0 Å². The van der Waals surface area contributed by atoms with Crippen LogP contribution in [0.5, 0.6) is 11.5 Å². The van der Waals surface area contributed by atoms with Crippen LogP contribution in [0.15, 0.2) is 41.3 Å². The predicted molar refractivity (Wildman–Crippen MR) is 94.9 cm³/mol. The molecule has 8 heteroatoms. The minimum absolute atomic E-state index is 0.0537. The van der Waals surface area contributed by atoms with Gasteiger partial charge in [-0.3, -0.25) is 0 Å². The van der Waals surface area contributed by atoms with Crippen molar-refractivity contribution < 1.29 is 17.9 Å². The van der Waals surface area contributed by atoms with Crippen LogP contribution in [0, 0.1) is 6.92 Å². The first-order chi connectivity index (χ1) is 11.3. The molecule has 0 aliphatic carbocycles. The molecule has 0 aliphatic rings. The van der Waals surface area contributed by atoms with Crippen molar-refractivity contribution in [2.75, 3.05) is 20.3 Å². The van der Waals surface area contributed by atoms with Gasteiger partial charge in [-0.2, -0.15) is 0 Å². The molecule has 0 atom stereocenters. The number of methoxy groups -OCH3 is 1. The monoisotopic (exact) mass is 389 g/mol. The third-order valence-corrected chi connectivity index (χ3v) is 5.68. The number of rotatable bonds is 7. The number of hydrogen-bond donors (Lipinski definition) is 1. The van der Waals surface area contributed by atoms with E-state index in [1.165, 1.54) is 19.2 Å². The standard InChI is InChI=1S/C16H17Cl2NO4S/c1-11-3-5-12(6-4-11)23-10-9-19-24(20,21)14-8-7-13(22-2)15(17)16(14)18/h3-8,19H,9-10H2,1-2H3. The normalized spacial score (nSPS) is 11.3. The Morgan fingerprint density at radius 1 is 1.04 bits per heavy atom. The molecule has 2 aromatic rings. The minimum atomic E-state index is -3.80. The van der Waals surface area contributed by atoms with Crippen molar-refractivity contribution in [1.82, 2.24) is 4.72 Å². The van der Waals surface area contributed by atoms with Crippen LogP contribution in [0.4, 0.5) is 0 Å². The van der Waals surface area contributed by atoms with E-state index in [1.54, 1.807) is 0 Å². The quantitative estimate of drug-likeness (QED) is 0.733. The first kappa shape index (κ1) is 18.9. The van der Waals surface area contributed by atoms with E-state index in [4.69, 9.17) is 32.7 Å². The van der Waals surface area contributed by atoms with Crippen LogP contribution in [0.25, 0.3) is 0 Å². The molecule has 24 heavy (non-hydrogen) atoms. The summed E-state index contributed by atoms with van der Waals surface area (Å²) in [6, 6.07) is 10.3. The summed E-state index contributed by atoms with van der Waals surface area (Å²) in [6.45, 7) is 2.25. The zero-order chi connectivity index (χ0) is 17.7. The maximum Gasteiger partial charge on any atom is 0.242 e. The number of aryl methyl sites for hydroxylation is 1. The highest BCUT2D eigenvalue weighted by Gasteiger charge is 2.21. The Morgan fingerprint density at radius 2 is 1.71 bits per heavy atom. The van der Waals surface area contributed by atoms with E-state index in [2.05, 4.69) is 4.72 Å². The molecule has 0 unspecified atom stereocenters. The van der Waals surface area contributed by atoms with Gasteiger partial charge in [0.1, 0.15) is 28.0 Å². The highest BCUT2D eigenvalue weighted by Crippen LogP contribution is 2.36. The fourth-order valence-electron chi connectivity index (χ4n) is 1.94. The van der Waals surface area contributed by atoms with E-state index in [9.17, 15) is 8.42 Å². The molecule has 0 aromatic heterocycles. The topological polar surface area (TPSA) is 64.6 Å². The molecule has 0 amide bonds. The Bertz CT molecular complexity index is 808. The average molecular weight is 390 g/mol. The van der Waals surface area contributed by atoms with E-state index < -0.39 is 10.0 Å². The number of halogens is 2. The number of hydrogen-bond acceptors (Lipinski definition) is 4. The molecular weight excluding hydrogens is 373 g/mol. The second-order valence-electron chi connectivity index (χ2n) is 4.95. The van der Waals surface area contributed by atoms with Crippen LogP contribution >= 0.6 is 23.2 Å². The molecule has 0 heterocycles. The van der Waals surface area contributed by atoms with Gasteiger partial charge in [0.15, 0.2) is 0 Å². The molecule has 1 N–H and O–H groups in total. The van der Waals surface area contributed by atoms with Crippen molar-refractivity contribution in [3.05, 3.63) is 52.0 Å². The number of sulfonamides is 1. The minimum Gasteiger partial charge on any atom is -0.495 e. The van der Waals surface area contributed by atoms with Gasteiger partial charge < -0.3 is 9.47 Å². The largest absolute Gasteiger partial charge is 0.495 e. The number of ether oxygens (including phenoxy) is 2. The van der Waals surface area contributed by atoms with Crippen LogP contribution in [0.1, 0.15) is 5.56 Å². The second kappa shape index (κ2) is 8.07. The summed E-state index contributed by atoms with van der Waals surface area (Å²) in [4.78, 5) is -0.106. The van der Waals surface area contributed by atoms with Crippen molar-refractivity contribution >= 4 is 33.2 Å². The highest BCUT2D eigenvalue weighted by molar-refractivity contribution is 7.89. The Kier molecular flexibility index (Phi) is 6.34. The van der Waals surface area contributed by atoms with Gasteiger partial charge in [-0.25, -0.2) is 13.1 Å². The molecule has 0 saturated heterocycles. The smallest absolute Gasteiger partial charge is 0.242 e.